The molecule has 0 aliphatic carbocycles. The van der Waals surface area contributed by atoms with E-state index in [1.807, 2.05) is 0 Å². The lowest BCUT2D eigenvalue weighted by Crippen LogP contribution is -2.73. The molecule has 2 aliphatic rings. The molecule has 35 heavy (non-hydrogen) atoms. The van der Waals surface area contributed by atoms with Crippen molar-refractivity contribution in [1.82, 2.24) is 10.2 Å². The summed E-state index contributed by atoms with van der Waals surface area (Å²) in [5.74, 6) is -2.42. The highest BCUT2D eigenvalue weighted by atomic mass is 32.2. The number of nitrogens with one attached hydrogen (secondary N) is 1. The average molecular weight is 500 g/mol. The van der Waals surface area contributed by atoms with Gasteiger partial charge in [0.25, 0.3) is 11.6 Å². The van der Waals surface area contributed by atoms with Crippen molar-refractivity contribution in [3.05, 3.63) is 75.3 Å². The first-order valence-corrected chi connectivity index (χ1v) is 11.6. The summed E-state index contributed by atoms with van der Waals surface area (Å²) in [7, 11) is 0. The minimum absolute atomic E-state index is 0.0354. The highest BCUT2D eigenvalue weighted by Crippen LogP contribution is 2.42. The van der Waals surface area contributed by atoms with Crippen molar-refractivity contribution < 1.29 is 33.9 Å². The van der Waals surface area contributed by atoms with E-state index in [-0.39, 0.29) is 41.2 Å². The van der Waals surface area contributed by atoms with Gasteiger partial charge in [-0.15, -0.1) is 11.8 Å². The van der Waals surface area contributed by atoms with E-state index in [4.69, 9.17) is 4.74 Å². The molecule has 182 valence electrons. The van der Waals surface area contributed by atoms with Crippen LogP contribution in [0.2, 0.25) is 0 Å². The second kappa shape index (κ2) is 9.37. The van der Waals surface area contributed by atoms with Gasteiger partial charge in [-0.05, 0) is 36.8 Å². The van der Waals surface area contributed by atoms with Crippen LogP contribution in [0.3, 0.4) is 0 Å². The van der Waals surface area contributed by atoms with Gasteiger partial charge in [-0.1, -0.05) is 12.1 Å². The molecule has 12 heteroatoms. The molecule has 2 aromatic carbocycles. The number of nitrogens with zero attached hydrogens (tertiary/aromatic N) is 2. The molecule has 0 spiro atoms. The lowest BCUT2D eigenvalue weighted by Gasteiger charge is -2.53. The summed E-state index contributed by atoms with van der Waals surface area (Å²) in [5, 5.41) is 22.3. The molecular weight excluding hydrogens is 478 g/mol. The monoisotopic (exact) mass is 499 g/mol. The van der Waals surface area contributed by atoms with Crippen LogP contribution in [-0.2, 0) is 20.9 Å². The van der Waals surface area contributed by atoms with E-state index in [0.29, 0.717) is 11.3 Å². The van der Waals surface area contributed by atoms with E-state index >= 15 is 0 Å². The average Bonchev–Trinajstić information content (AvgIpc) is 2.85. The van der Waals surface area contributed by atoms with E-state index in [1.165, 1.54) is 59.1 Å². The molecule has 2 unspecified atom stereocenters. The number of hydrogen-bond donors (Lipinski definition) is 2. The van der Waals surface area contributed by atoms with E-state index < -0.39 is 34.2 Å². The highest BCUT2D eigenvalue weighted by molar-refractivity contribution is 8.00. The molecule has 0 bridgehead atoms. The first-order valence-electron chi connectivity index (χ1n) is 10.6. The van der Waals surface area contributed by atoms with Gasteiger partial charge in [-0.25, -0.2) is 4.79 Å². The van der Waals surface area contributed by atoms with E-state index in [9.17, 15) is 34.4 Å². The van der Waals surface area contributed by atoms with Crippen molar-refractivity contribution in [3.8, 4) is 0 Å². The predicted octanol–water partition coefficient (Wildman–Crippen LogP) is 2.06. The second-order valence-electron chi connectivity index (χ2n) is 8.53. The topological polar surface area (TPSA) is 156 Å². The van der Waals surface area contributed by atoms with Gasteiger partial charge in [0.1, 0.15) is 18.0 Å². The van der Waals surface area contributed by atoms with Gasteiger partial charge in [-0.3, -0.25) is 24.5 Å². The number of fused-ring (bicyclic) bond motifs is 1. The number of ether oxygens (including phenoxy) is 1. The Kier molecular flexibility index (Phi) is 6.48. The number of carbonyl (C=O) groups is 4. The standard InChI is InChI=1S/C23H21N3O8S/c1-23(22(31)34-10-13-6-8-14(9-7-13)26(32)33)11-25-19(28)17(20(25)35-12-23)24-18(27)15-4-2-3-5-16(15)21(29)30/h2-9,17,20H,10-12H2,1H3,(H,24,27)(H,29,30)/t17?,20-,23?/m1/s1. The number of carboxylic acid groups (broad SMARTS) is 1. The predicted molar refractivity (Wildman–Crippen MR) is 124 cm³/mol. The summed E-state index contributed by atoms with van der Waals surface area (Å²) in [4.78, 5) is 61.3. The number of hydrogen-bond acceptors (Lipinski definition) is 8. The number of β-lactam (4-membered cyclic amide) rings is 1. The molecule has 2 amide bonds. The molecule has 2 N–H and O–H groups in total. The first-order chi connectivity index (χ1) is 16.6. The zero-order valence-electron chi connectivity index (χ0n) is 18.5. The Morgan fingerprint density at radius 2 is 1.86 bits per heavy atom. The van der Waals surface area contributed by atoms with Crippen LogP contribution in [0.25, 0.3) is 0 Å². The van der Waals surface area contributed by atoms with Crippen LogP contribution < -0.4 is 5.32 Å². The number of nitro benzene ring substituents is 1. The number of carbonyl (C=O) groups excluding carboxylic acids is 3. The zero-order valence-corrected chi connectivity index (χ0v) is 19.3. The number of thioether (sulfide) groups is 1. The molecule has 2 heterocycles. The fourth-order valence-corrected chi connectivity index (χ4v) is 5.43. The molecule has 0 saturated carbocycles. The third kappa shape index (κ3) is 4.69. The summed E-state index contributed by atoms with van der Waals surface area (Å²) in [6, 6.07) is 10.6. The Balaban J connectivity index is 1.35. The Labute approximate surface area is 203 Å². The second-order valence-corrected chi connectivity index (χ2v) is 9.63. The van der Waals surface area contributed by atoms with Crippen LogP contribution >= 0.6 is 11.8 Å². The molecule has 2 aliphatic heterocycles. The smallest absolute Gasteiger partial charge is 0.336 e. The third-order valence-corrected chi connectivity index (χ3v) is 7.60. The zero-order chi connectivity index (χ0) is 25.3. The van der Waals surface area contributed by atoms with Gasteiger partial charge in [0, 0.05) is 24.4 Å². The van der Waals surface area contributed by atoms with Crippen molar-refractivity contribution in [2.45, 2.75) is 24.9 Å². The third-order valence-electron chi connectivity index (χ3n) is 5.93. The largest absolute Gasteiger partial charge is 0.478 e. The molecule has 3 atom stereocenters. The van der Waals surface area contributed by atoms with Gasteiger partial charge in [0.05, 0.1) is 21.5 Å². The molecule has 0 radical (unpaired) electrons. The molecule has 4 rings (SSSR count). The Hall–Kier alpha value is -3.93. The molecule has 2 saturated heterocycles. The van der Waals surface area contributed by atoms with Crippen molar-refractivity contribution >= 4 is 41.2 Å². The van der Waals surface area contributed by atoms with Crippen molar-refractivity contribution in [2.24, 2.45) is 5.41 Å². The first kappa shape index (κ1) is 24.2. The molecule has 2 aromatic rings. The van der Waals surface area contributed by atoms with E-state index in [0.717, 1.165) is 0 Å². The molecule has 2 fully saturated rings. The lowest BCUT2D eigenvalue weighted by atomic mass is 9.89. The Bertz CT molecular complexity index is 1220. The van der Waals surface area contributed by atoms with Crippen LogP contribution in [0.1, 0.15) is 33.2 Å². The molecule has 0 aromatic heterocycles. The number of amides is 2. The summed E-state index contributed by atoms with van der Waals surface area (Å²) < 4.78 is 5.41. The number of rotatable bonds is 7. The fourth-order valence-electron chi connectivity index (χ4n) is 3.95. The number of nitro groups is 1. The highest BCUT2D eigenvalue weighted by Gasteiger charge is 2.56. The van der Waals surface area contributed by atoms with Gasteiger partial charge in [0.15, 0.2) is 0 Å². The Morgan fingerprint density at radius 3 is 2.49 bits per heavy atom. The summed E-state index contributed by atoms with van der Waals surface area (Å²) in [6.07, 6.45) is 0. The fraction of sp³-hybridized carbons (Fsp3) is 0.304. The van der Waals surface area contributed by atoms with Crippen molar-refractivity contribution in [1.29, 1.82) is 0 Å². The summed E-state index contributed by atoms with van der Waals surface area (Å²) in [6.45, 7) is 1.74. The number of carboxylic acids is 1. The van der Waals surface area contributed by atoms with Gasteiger partial charge < -0.3 is 20.1 Å². The number of esters is 1. The van der Waals surface area contributed by atoms with E-state index in [1.54, 1.807) is 13.0 Å². The summed E-state index contributed by atoms with van der Waals surface area (Å²) in [5.41, 5.74) is -0.632. The normalized spacial score (nSPS) is 23.0. The van der Waals surface area contributed by atoms with Crippen LogP contribution in [0.5, 0.6) is 0 Å². The van der Waals surface area contributed by atoms with Gasteiger partial charge >= 0.3 is 11.9 Å². The summed E-state index contributed by atoms with van der Waals surface area (Å²) >= 11 is 1.33. The van der Waals surface area contributed by atoms with Crippen LogP contribution in [0, 0.1) is 15.5 Å². The van der Waals surface area contributed by atoms with Crippen molar-refractivity contribution in [2.75, 3.05) is 12.3 Å². The maximum Gasteiger partial charge on any atom is 0.336 e. The van der Waals surface area contributed by atoms with Gasteiger partial charge in [-0.2, -0.15) is 0 Å². The SMILES string of the molecule is CC1(C(=O)OCc2ccc([N+](=O)[O-])cc2)CS[C@@H]2C(NC(=O)c3ccccc3C(=O)O)C(=O)N2C1. The van der Waals surface area contributed by atoms with Crippen molar-refractivity contribution in [3.63, 3.8) is 0 Å². The Morgan fingerprint density at radius 1 is 1.20 bits per heavy atom. The van der Waals surface area contributed by atoms with Crippen LogP contribution in [-0.4, -0.2) is 62.4 Å². The number of benzene rings is 2. The number of aromatic carboxylic acids is 1. The molecule has 11 nitrogen and oxygen atoms in total. The minimum atomic E-state index is -1.24. The quantitative estimate of drug-likeness (QED) is 0.252. The van der Waals surface area contributed by atoms with Crippen LogP contribution in [0.15, 0.2) is 48.5 Å². The maximum absolute atomic E-state index is 12.8. The lowest BCUT2D eigenvalue weighted by molar-refractivity contribution is -0.384. The van der Waals surface area contributed by atoms with Gasteiger partial charge in [0.2, 0.25) is 5.91 Å². The maximum atomic E-state index is 12.8. The minimum Gasteiger partial charge on any atom is -0.478 e. The number of non-ortho nitro benzene ring substituents is 1. The molecular formula is C23H21N3O8S. The van der Waals surface area contributed by atoms with Crippen LogP contribution in [0.4, 0.5) is 5.69 Å². The van der Waals surface area contributed by atoms with E-state index in [2.05, 4.69) is 5.32 Å².